The number of nitrogens with two attached hydrogens (primary N) is 1. The summed E-state index contributed by atoms with van der Waals surface area (Å²) in [5.41, 5.74) is 5.81. The molecule has 2 heterocycles. The molecule has 0 aromatic heterocycles. The Bertz CT molecular complexity index is 210. The average molecular weight is 208 g/mol. The fourth-order valence-corrected chi connectivity index (χ4v) is 2.16. The molecule has 4 nitrogen and oxygen atoms in total. The first-order chi connectivity index (χ1) is 5.74. The normalized spacial score (nSPS) is 41.4. The van der Waals surface area contributed by atoms with Crippen molar-refractivity contribution in [2.75, 3.05) is 7.11 Å². The Morgan fingerprint density at radius 1 is 1.46 bits per heavy atom. The first kappa shape index (κ1) is 10.8. The fourth-order valence-electron chi connectivity index (χ4n) is 2.16. The zero-order valence-corrected chi connectivity index (χ0v) is 8.25. The van der Waals surface area contributed by atoms with Crippen LogP contribution in [0.5, 0.6) is 0 Å². The van der Waals surface area contributed by atoms with Crippen LogP contribution in [-0.4, -0.2) is 31.3 Å². The molecule has 2 aliphatic heterocycles. The molecule has 0 spiro atoms. The lowest BCUT2D eigenvalue weighted by Gasteiger charge is -2.21. The van der Waals surface area contributed by atoms with Gasteiger partial charge in [-0.25, -0.2) is 0 Å². The van der Waals surface area contributed by atoms with Gasteiger partial charge in [0.2, 0.25) is 0 Å². The molecular formula is C8H14ClNO3. The van der Waals surface area contributed by atoms with Crippen LogP contribution in [0.25, 0.3) is 0 Å². The van der Waals surface area contributed by atoms with Crippen LogP contribution in [0.3, 0.4) is 0 Å². The molecule has 2 bridgehead atoms. The predicted octanol–water partition coefficient (Wildman–Crippen LogP) is 0.0859. The summed E-state index contributed by atoms with van der Waals surface area (Å²) in [6.07, 6.45) is 2.02. The molecule has 0 radical (unpaired) electrons. The number of fused-ring (bicyclic) bond motifs is 2. The van der Waals surface area contributed by atoms with Crippen molar-refractivity contribution in [3.63, 3.8) is 0 Å². The van der Waals surface area contributed by atoms with E-state index in [4.69, 9.17) is 10.5 Å². The van der Waals surface area contributed by atoms with E-state index in [1.807, 2.05) is 0 Å². The number of carbonyl (C=O) groups is 1. The van der Waals surface area contributed by atoms with E-state index in [2.05, 4.69) is 4.74 Å². The molecule has 0 aromatic carbocycles. The van der Waals surface area contributed by atoms with Crippen LogP contribution in [0.2, 0.25) is 0 Å². The lowest BCUT2D eigenvalue weighted by Crippen LogP contribution is -2.44. The number of carbonyl (C=O) groups excluding carboxylic acids is 1. The van der Waals surface area contributed by atoms with Gasteiger partial charge in [0.25, 0.3) is 0 Å². The molecule has 0 saturated carbocycles. The van der Waals surface area contributed by atoms with E-state index >= 15 is 0 Å². The summed E-state index contributed by atoms with van der Waals surface area (Å²) in [6, 6.07) is -0.156. The summed E-state index contributed by atoms with van der Waals surface area (Å²) in [6.45, 7) is 0. The molecule has 2 N–H and O–H groups in total. The van der Waals surface area contributed by atoms with Crippen molar-refractivity contribution in [1.29, 1.82) is 0 Å². The summed E-state index contributed by atoms with van der Waals surface area (Å²) < 4.78 is 10.2. The maximum absolute atomic E-state index is 11.2. The van der Waals surface area contributed by atoms with E-state index in [-0.39, 0.29) is 42.5 Å². The Hall–Kier alpha value is -0.320. The van der Waals surface area contributed by atoms with Crippen molar-refractivity contribution in [3.8, 4) is 0 Å². The van der Waals surface area contributed by atoms with Gasteiger partial charge in [0, 0.05) is 6.04 Å². The molecule has 0 aliphatic carbocycles. The largest absolute Gasteiger partial charge is 0.469 e. The van der Waals surface area contributed by atoms with Crippen LogP contribution in [0.15, 0.2) is 0 Å². The minimum absolute atomic E-state index is 0. The summed E-state index contributed by atoms with van der Waals surface area (Å²) in [7, 11) is 1.39. The lowest BCUT2D eigenvalue weighted by molar-refractivity contribution is -0.147. The van der Waals surface area contributed by atoms with Crippen LogP contribution >= 0.6 is 12.4 Å². The van der Waals surface area contributed by atoms with Gasteiger partial charge in [-0.15, -0.1) is 12.4 Å². The fraction of sp³-hybridized carbons (Fsp3) is 0.875. The van der Waals surface area contributed by atoms with Crippen LogP contribution in [0.1, 0.15) is 12.8 Å². The number of esters is 1. The van der Waals surface area contributed by atoms with Crippen LogP contribution in [0, 0.1) is 5.92 Å². The van der Waals surface area contributed by atoms with Crippen molar-refractivity contribution < 1.29 is 14.3 Å². The smallest absolute Gasteiger partial charge is 0.312 e. The molecular weight excluding hydrogens is 194 g/mol. The van der Waals surface area contributed by atoms with Gasteiger partial charge < -0.3 is 15.2 Å². The summed E-state index contributed by atoms with van der Waals surface area (Å²) in [5, 5.41) is 0. The quantitative estimate of drug-likeness (QED) is 0.619. The molecule has 2 aliphatic rings. The molecule has 2 fully saturated rings. The molecule has 76 valence electrons. The van der Waals surface area contributed by atoms with Gasteiger partial charge in [-0.05, 0) is 12.8 Å². The third kappa shape index (κ3) is 1.54. The molecule has 2 rings (SSSR count). The first-order valence-electron chi connectivity index (χ1n) is 4.23. The summed E-state index contributed by atoms with van der Waals surface area (Å²) in [5.74, 6) is -0.455. The molecule has 2 saturated heterocycles. The number of hydrogen-bond donors (Lipinski definition) is 1. The van der Waals surface area contributed by atoms with E-state index in [0.29, 0.717) is 0 Å². The molecule has 5 heteroatoms. The second-order valence-electron chi connectivity index (χ2n) is 3.42. The van der Waals surface area contributed by atoms with Gasteiger partial charge in [-0.1, -0.05) is 0 Å². The van der Waals surface area contributed by atoms with Crippen molar-refractivity contribution >= 4 is 18.4 Å². The Kier molecular flexibility index (Phi) is 3.16. The number of ether oxygens (including phenoxy) is 2. The standard InChI is InChI=1S/C8H13NO3.ClH/c1-11-8(10)6-4-2-3-5(12-4)7(6)9;/h4-7H,2-3,9H2,1H3;1H/t4-,5+,6-,7+;/m1./s1. The van der Waals surface area contributed by atoms with Gasteiger partial charge in [-0.2, -0.15) is 0 Å². The Morgan fingerprint density at radius 3 is 2.54 bits per heavy atom. The molecule has 13 heavy (non-hydrogen) atoms. The van der Waals surface area contributed by atoms with Gasteiger partial charge >= 0.3 is 5.97 Å². The topological polar surface area (TPSA) is 61.5 Å². The predicted molar refractivity (Wildman–Crippen MR) is 48.6 cm³/mol. The molecule has 4 atom stereocenters. The van der Waals surface area contributed by atoms with Crippen LogP contribution in [-0.2, 0) is 14.3 Å². The van der Waals surface area contributed by atoms with Crippen molar-refractivity contribution in [3.05, 3.63) is 0 Å². The SMILES string of the molecule is COC(=O)[C@H]1[C@@H](N)[C@@H]2CC[C@H]1O2.Cl. The lowest BCUT2D eigenvalue weighted by atomic mass is 9.85. The minimum atomic E-state index is -0.228. The van der Waals surface area contributed by atoms with E-state index in [1.54, 1.807) is 0 Å². The molecule has 0 aromatic rings. The maximum Gasteiger partial charge on any atom is 0.312 e. The minimum Gasteiger partial charge on any atom is -0.469 e. The summed E-state index contributed by atoms with van der Waals surface area (Å²) in [4.78, 5) is 11.2. The highest BCUT2D eigenvalue weighted by Gasteiger charge is 2.51. The van der Waals surface area contributed by atoms with Crippen LogP contribution < -0.4 is 5.73 Å². The molecule has 0 unspecified atom stereocenters. The maximum atomic E-state index is 11.2. The Labute approximate surface area is 83.2 Å². The number of hydrogen-bond acceptors (Lipinski definition) is 4. The van der Waals surface area contributed by atoms with Crippen molar-refractivity contribution in [2.45, 2.75) is 31.1 Å². The van der Waals surface area contributed by atoms with Gasteiger partial charge in [0.15, 0.2) is 0 Å². The average Bonchev–Trinajstić information content (AvgIpc) is 2.63. The highest BCUT2D eigenvalue weighted by molar-refractivity contribution is 5.85. The van der Waals surface area contributed by atoms with Gasteiger partial charge in [-0.3, -0.25) is 4.79 Å². The van der Waals surface area contributed by atoms with E-state index in [1.165, 1.54) is 7.11 Å². The second kappa shape index (κ2) is 3.82. The van der Waals surface area contributed by atoms with E-state index in [0.717, 1.165) is 12.8 Å². The Balaban J connectivity index is 0.000000845. The van der Waals surface area contributed by atoms with E-state index < -0.39 is 0 Å². The number of rotatable bonds is 1. The monoisotopic (exact) mass is 207 g/mol. The Morgan fingerprint density at radius 2 is 2.08 bits per heavy atom. The van der Waals surface area contributed by atoms with Gasteiger partial charge in [0.1, 0.15) is 5.92 Å². The third-order valence-electron chi connectivity index (χ3n) is 2.80. The zero-order chi connectivity index (χ0) is 8.72. The van der Waals surface area contributed by atoms with Crippen molar-refractivity contribution in [1.82, 2.24) is 0 Å². The molecule has 0 amide bonds. The first-order valence-corrected chi connectivity index (χ1v) is 4.23. The third-order valence-corrected chi connectivity index (χ3v) is 2.80. The van der Waals surface area contributed by atoms with Crippen LogP contribution in [0.4, 0.5) is 0 Å². The van der Waals surface area contributed by atoms with E-state index in [9.17, 15) is 4.79 Å². The zero-order valence-electron chi connectivity index (χ0n) is 7.43. The second-order valence-corrected chi connectivity index (χ2v) is 3.42. The highest BCUT2D eigenvalue weighted by atomic mass is 35.5. The van der Waals surface area contributed by atoms with Gasteiger partial charge in [0.05, 0.1) is 19.3 Å². The highest BCUT2D eigenvalue weighted by Crippen LogP contribution is 2.38. The van der Waals surface area contributed by atoms with Crippen molar-refractivity contribution in [2.24, 2.45) is 11.7 Å². The number of halogens is 1. The summed E-state index contributed by atoms with van der Waals surface area (Å²) >= 11 is 0. The number of methoxy groups -OCH3 is 1.